The average molecular weight is 329 g/mol. The van der Waals surface area contributed by atoms with Crippen LogP contribution in [0.3, 0.4) is 0 Å². The van der Waals surface area contributed by atoms with E-state index in [4.69, 9.17) is 5.41 Å². The number of benzene rings is 1. The number of rotatable bonds is 4. The number of imidazole rings is 1. The normalized spacial score (nSPS) is 11.3. The summed E-state index contributed by atoms with van der Waals surface area (Å²) in [7, 11) is 2.80. The summed E-state index contributed by atoms with van der Waals surface area (Å²) in [4.78, 5) is 11.6. The van der Waals surface area contributed by atoms with Crippen LogP contribution in [0.4, 0.5) is 13.2 Å². The van der Waals surface area contributed by atoms with E-state index in [1.165, 1.54) is 21.3 Å². The summed E-state index contributed by atoms with van der Waals surface area (Å²) < 4.78 is 48.7. The Kier molecular flexibility index (Phi) is 4.48. The maximum Gasteiger partial charge on any atom is 0.573 e. The maximum absolute atomic E-state index is 12.4. The van der Waals surface area contributed by atoms with Gasteiger partial charge in [-0.05, 0) is 23.8 Å². The van der Waals surface area contributed by atoms with Gasteiger partial charge in [0.2, 0.25) is 5.62 Å². The second-order valence-corrected chi connectivity index (χ2v) is 4.77. The summed E-state index contributed by atoms with van der Waals surface area (Å²) in [5.41, 5.74) is 0.468. The molecule has 2 rings (SSSR count). The molecule has 0 fully saturated rings. The number of aromatic nitrogens is 2. The van der Waals surface area contributed by atoms with E-state index < -0.39 is 18.1 Å². The molecule has 0 spiro atoms. The van der Waals surface area contributed by atoms with Gasteiger partial charge in [0, 0.05) is 19.4 Å². The summed E-state index contributed by atoms with van der Waals surface area (Å²) >= 11 is 0. The number of carbonyl (C=O) groups excluding carboxylic acids is 1. The molecule has 0 saturated heterocycles. The fraction of sp³-hybridized carbons (Fsp3) is 0.286. The number of ether oxygens (including phenoxy) is 2. The van der Waals surface area contributed by atoms with E-state index in [-0.39, 0.29) is 17.7 Å². The third-order valence-corrected chi connectivity index (χ3v) is 3.05. The molecule has 0 atom stereocenters. The van der Waals surface area contributed by atoms with Crippen LogP contribution in [-0.2, 0) is 18.3 Å². The first kappa shape index (κ1) is 16.7. The number of alkyl halides is 3. The minimum absolute atomic E-state index is 0.0627. The van der Waals surface area contributed by atoms with Crippen molar-refractivity contribution in [3.8, 4) is 5.75 Å². The lowest BCUT2D eigenvalue weighted by molar-refractivity contribution is -0.274. The molecule has 0 radical (unpaired) electrons. The number of esters is 1. The standard InChI is InChI=1S/C14H14F3N3O3/c1-19-3-4-20(13(19)18)8-9-5-10(12(21)22-2)7-11(6-9)23-14(15,16)17/h3-7,18H,8H2,1-2H3. The SMILES string of the molecule is COC(=O)c1cc(Cn2ccn(C)c2=N)cc(OC(F)(F)F)c1. The van der Waals surface area contributed by atoms with E-state index in [9.17, 15) is 18.0 Å². The van der Waals surface area contributed by atoms with Crippen LogP contribution in [0.5, 0.6) is 5.75 Å². The Morgan fingerprint density at radius 3 is 2.48 bits per heavy atom. The number of aryl methyl sites for hydroxylation is 1. The molecule has 23 heavy (non-hydrogen) atoms. The van der Waals surface area contributed by atoms with E-state index in [2.05, 4.69) is 9.47 Å². The Morgan fingerprint density at radius 2 is 1.96 bits per heavy atom. The number of halogens is 3. The Hall–Kier alpha value is -2.71. The van der Waals surface area contributed by atoms with Crippen LogP contribution in [0.1, 0.15) is 15.9 Å². The molecule has 0 aliphatic carbocycles. The lowest BCUT2D eigenvalue weighted by atomic mass is 10.1. The van der Waals surface area contributed by atoms with Crippen molar-refractivity contribution in [2.24, 2.45) is 7.05 Å². The summed E-state index contributed by atoms with van der Waals surface area (Å²) in [5, 5.41) is 7.82. The number of hydrogen-bond acceptors (Lipinski definition) is 4. The lowest BCUT2D eigenvalue weighted by Crippen LogP contribution is -2.23. The highest BCUT2D eigenvalue weighted by Crippen LogP contribution is 2.25. The first-order valence-electron chi connectivity index (χ1n) is 6.44. The van der Waals surface area contributed by atoms with Crippen LogP contribution in [-0.4, -0.2) is 28.6 Å². The molecule has 9 heteroatoms. The molecule has 1 aromatic carbocycles. The maximum atomic E-state index is 12.4. The van der Waals surface area contributed by atoms with Gasteiger partial charge in [-0.3, -0.25) is 5.41 Å². The molecule has 0 aliphatic rings. The first-order chi connectivity index (χ1) is 10.7. The average Bonchev–Trinajstić information content (AvgIpc) is 2.76. The number of methoxy groups -OCH3 is 1. The molecule has 1 aromatic heterocycles. The second-order valence-electron chi connectivity index (χ2n) is 4.77. The largest absolute Gasteiger partial charge is 0.573 e. The predicted molar refractivity (Wildman–Crippen MR) is 72.8 cm³/mol. The molecular formula is C14H14F3N3O3. The molecule has 0 aliphatic heterocycles. The molecule has 0 bridgehead atoms. The van der Waals surface area contributed by atoms with Gasteiger partial charge in [-0.25, -0.2) is 4.79 Å². The molecule has 6 nitrogen and oxygen atoms in total. The number of carbonyl (C=O) groups is 1. The molecule has 0 unspecified atom stereocenters. The molecule has 2 aromatic rings. The highest BCUT2D eigenvalue weighted by Gasteiger charge is 2.31. The Morgan fingerprint density at radius 1 is 1.26 bits per heavy atom. The lowest BCUT2D eigenvalue weighted by Gasteiger charge is -2.12. The predicted octanol–water partition coefficient (Wildman–Crippen LogP) is 2.04. The van der Waals surface area contributed by atoms with E-state index >= 15 is 0 Å². The minimum Gasteiger partial charge on any atom is -0.465 e. The van der Waals surface area contributed by atoms with Crippen molar-refractivity contribution in [1.29, 1.82) is 5.41 Å². The zero-order valence-electron chi connectivity index (χ0n) is 12.3. The molecule has 1 N–H and O–H groups in total. The van der Waals surface area contributed by atoms with Crippen LogP contribution in [0, 0.1) is 5.41 Å². The van der Waals surface area contributed by atoms with Gasteiger partial charge in [-0.15, -0.1) is 13.2 Å². The van der Waals surface area contributed by atoms with Crippen molar-refractivity contribution < 1.29 is 27.4 Å². The van der Waals surface area contributed by atoms with E-state index in [1.54, 1.807) is 19.4 Å². The third kappa shape index (κ3) is 4.15. The number of hydrogen-bond donors (Lipinski definition) is 1. The van der Waals surface area contributed by atoms with E-state index in [0.717, 1.165) is 13.2 Å². The molecule has 1 heterocycles. The van der Waals surface area contributed by atoms with E-state index in [1.807, 2.05) is 0 Å². The highest BCUT2D eigenvalue weighted by molar-refractivity contribution is 5.90. The zero-order valence-corrected chi connectivity index (χ0v) is 12.3. The van der Waals surface area contributed by atoms with Gasteiger partial charge < -0.3 is 18.6 Å². The molecule has 124 valence electrons. The summed E-state index contributed by atoms with van der Waals surface area (Å²) in [6.45, 7) is 0.110. The Balaban J connectivity index is 2.41. The van der Waals surface area contributed by atoms with Gasteiger partial charge in [-0.2, -0.15) is 0 Å². The van der Waals surface area contributed by atoms with Crippen molar-refractivity contribution in [3.63, 3.8) is 0 Å². The van der Waals surface area contributed by atoms with Crippen molar-refractivity contribution in [1.82, 2.24) is 9.13 Å². The third-order valence-electron chi connectivity index (χ3n) is 3.05. The minimum atomic E-state index is -4.87. The highest BCUT2D eigenvalue weighted by atomic mass is 19.4. The molecule has 0 saturated carbocycles. The van der Waals surface area contributed by atoms with Gasteiger partial charge in [0.05, 0.1) is 19.2 Å². The summed E-state index contributed by atoms with van der Waals surface area (Å²) in [6.07, 6.45) is -1.62. The van der Waals surface area contributed by atoms with Crippen LogP contribution in [0.2, 0.25) is 0 Å². The summed E-state index contributed by atoms with van der Waals surface area (Å²) in [5.74, 6) is -1.29. The Labute approximate surface area is 129 Å². The van der Waals surface area contributed by atoms with Gasteiger partial charge in [0.15, 0.2) is 0 Å². The van der Waals surface area contributed by atoms with Crippen LogP contribution in [0.25, 0.3) is 0 Å². The van der Waals surface area contributed by atoms with Gasteiger partial charge in [0.25, 0.3) is 0 Å². The molecule has 0 amide bonds. The fourth-order valence-electron chi connectivity index (χ4n) is 2.03. The number of nitrogens with one attached hydrogen (secondary N) is 1. The van der Waals surface area contributed by atoms with Crippen molar-refractivity contribution in [2.75, 3.05) is 7.11 Å². The fourth-order valence-corrected chi connectivity index (χ4v) is 2.03. The van der Waals surface area contributed by atoms with E-state index in [0.29, 0.717) is 5.56 Å². The van der Waals surface area contributed by atoms with Gasteiger partial charge in [-0.1, -0.05) is 0 Å². The quantitative estimate of drug-likeness (QED) is 0.873. The van der Waals surface area contributed by atoms with Crippen molar-refractivity contribution in [3.05, 3.63) is 47.3 Å². The first-order valence-corrected chi connectivity index (χ1v) is 6.44. The van der Waals surface area contributed by atoms with Crippen molar-refractivity contribution >= 4 is 5.97 Å². The monoisotopic (exact) mass is 329 g/mol. The van der Waals surface area contributed by atoms with Crippen LogP contribution in [0.15, 0.2) is 30.6 Å². The number of nitrogens with zero attached hydrogens (tertiary/aromatic N) is 2. The zero-order chi connectivity index (χ0) is 17.2. The smallest absolute Gasteiger partial charge is 0.465 e. The van der Waals surface area contributed by atoms with Crippen LogP contribution < -0.4 is 10.4 Å². The summed E-state index contributed by atoms with van der Waals surface area (Å²) in [6, 6.07) is 3.52. The van der Waals surface area contributed by atoms with Gasteiger partial charge >= 0.3 is 12.3 Å². The Bertz CT molecular complexity index is 778. The van der Waals surface area contributed by atoms with Crippen molar-refractivity contribution in [2.45, 2.75) is 12.9 Å². The molecular weight excluding hydrogens is 315 g/mol. The topological polar surface area (TPSA) is 69.2 Å². The second kappa shape index (κ2) is 6.19. The van der Waals surface area contributed by atoms with Gasteiger partial charge in [0.1, 0.15) is 5.75 Å². The van der Waals surface area contributed by atoms with Crippen LogP contribution >= 0.6 is 0 Å².